The molecule has 3 saturated heterocycles. The number of thiol groups is 1. The van der Waals surface area contributed by atoms with Crippen molar-refractivity contribution in [2.24, 2.45) is 0 Å². The monoisotopic (exact) mass is 541 g/mol. The molecule has 1 aromatic heterocycles. The van der Waals surface area contributed by atoms with E-state index in [0.717, 1.165) is 30.0 Å². The maximum atomic E-state index is 13.7. The highest BCUT2D eigenvalue weighted by Gasteiger charge is 2.66. The number of nitrogens with zero attached hydrogens (tertiary/aromatic N) is 5. The van der Waals surface area contributed by atoms with E-state index >= 15 is 0 Å². The largest absolute Gasteiger partial charge is 0.419 e. The Bertz CT molecular complexity index is 1350. The van der Waals surface area contributed by atoms with Crippen LogP contribution in [0, 0.1) is 11.3 Å². The van der Waals surface area contributed by atoms with E-state index in [1.807, 2.05) is 24.3 Å². The molecule has 0 radical (unpaired) electrons. The molecule has 1 spiro atoms. The number of piperidine rings is 1. The number of ketones is 1. The molecule has 4 aliphatic rings. The van der Waals surface area contributed by atoms with Gasteiger partial charge in [0.2, 0.25) is 0 Å². The first-order valence-electron chi connectivity index (χ1n) is 12.7. The smallest absolute Gasteiger partial charge is 0.321 e. The van der Waals surface area contributed by atoms with Crippen LogP contribution in [0.15, 0.2) is 36.5 Å². The normalized spacial score (nSPS) is 31.2. The Morgan fingerprint density at radius 2 is 1.76 bits per heavy atom. The molecule has 3 aliphatic heterocycles. The number of carbonyl (C=O) groups excluding carboxylic acids is 2. The fourth-order valence-corrected chi connectivity index (χ4v) is 7.32. The van der Waals surface area contributed by atoms with Gasteiger partial charge in [0, 0.05) is 24.2 Å². The quantitative estimate of drug-likeness (QED) is 0.456. The summed E-state index contributed by atoms with van der Waals surface area (Å²) < 4.78 is 40.8. The SMILES string of the molecule is CN1C2CCC1CC(c1ccc(N3C(S)N(c4cnc(C#N)c(C(F)(F)F)c4)C(=O)C34CCC4=O)cc1)C2. The third-order valence-corrected chi connectivity index (χ3v) is 9.39. The molecule has 7 nitrogen and oxygen atoms in total. The number of carbonyl (C=O) groups is 2. The molecule has 1 amide bonds. The second kappa shape index (κ2) is 8.71. The summed E-state index contributed by atoms with van der Waals surface area (Å²) in [6, 6.07) is 11.2. The summed E-state index contributed by atoms with van der Waals surface area (Å²) in [5.74, 6) is -0.493. The van der Waals surface area contributed by atoms with Crippen molar-refractivity contribution in [1.82, 2.24) is 9.88 Å². The highest BCUT2D eigenvalue weighted by atomic mass is 32.1. The van der Waals surface area contributed by atoms with Crippen molar-refractivity contribution in [1.29, 1.82) is 5.26 Å². The number of hydrogen-bond donors (Lipinski definition) is 1. The number of benzene rings is 1. The Morgan fingerprint density at radius 3 is 2.29 bits per heavy atom. The Morgan fingerprint density at radius 1 is 1.11 bits per heavy atom. The van der Waals surface area contributed by atoms with Gasteiger partial charge in [0.25, 0.3) is 5.91 Å². The minimum atomic E-state index is -4.84. The zero-order valence-electron chi connectivity index (χ0n) is 20.6. The van der Waals surface area contributed by atoms with E-state index < -0.39 is 34.4 Å². The molecule has 4 fully saturated rings. The molecular formula is C27H26F3N5O2S. The highest BCUT2D eigenvalue weighted by Crippen LogP contribution is 2.49. The molecule has 4 atom stereocenters. The van der Waals surface area contributed by atoms with E-state index in [1.54, 1.807) is 4.90 Å². The van der Waals surface area contributed by atoms with Crippen LogP contribution in [0.3, 0.4) is 0 Å². The number of pyridine rings is 1. The van der Waals surface area contributed by atoms with E-state index in [-0.39, 0.29) is 24.3 Å². The number of nitriles is 1. The van der Waals surface area contributed by atoms with Crippen LogP contribution in [-0.4, -0.2) is 51.7 Å². The molecular weight excluding hydrogens is 515 g/mol. The van der Waals surface area contributed by atoms with Gasteiger partial charge in [-0.15, -0.1) is 12.6 Å². The van der Waals surface area contributed by atoms with Crippen LogP contribution in [0.4, 0.5) is 24.5 Å². The number of hydrogen-bond acceptors (Lipinski definition) is 7. The van der Waals surface area contributed by atoms with Crippen LogP contribution < -0.4 is 9.80 Å². The summed E-state index contributed by atoms with van der Waals surface area (Å²) in [7, 11) is 2.20. The van der Waals surface area contributed by atoms with Crippen LogP contribution in [0.2, 0.25) is 0 Å². The molecule has 4 unspecified atom stereocenters. The summed E-state index contributed by atoms with van der Waals surface area (Å²) in [4.78, 5) is 35.5. The average Bonchev–Trinajstić information content (AvgIpc) is 3.23. The van der Waals surface area contributed by atoms with Crippen molar-refractivity contribution in [3.8, 4) is 6.07 Å². The van der Waals surface area contributed by atoms with Crippen molar-refractivity contribution >= 4 is 35.7 Å². The summed E-state index contributed by atoms with van der Waals surface area (Å²) >= 11 is 4.63. The Kier molecular flexibility index (Phi) is 5.78. The van der Waals surface area contributed by atoms with Gasteiger partial charge in [-0.3, -0.25) is 14.5 Å². The highest BCUT2D eigenvalue weighted by molar-refractivity contribution is 7.81. The second-order valence-electron chi connectivity index (χ2n) is 10.7. The summed E-state index contributed by atoms with van der Waals surface area (Å²) in [6.45, 7) is 0. The van der Waals surface area contributed by atoms with Gasteiger partial charge >= 0.3 is 6.18 Å². The number of fused-ring (bicyclic) bond motifs is 2. The molecule has 1 saturated carbocycles. The topological polar surface area (TPSA) is 80.5 Å². The summed E-state index contributed by atoms with van der Waals surface area (Å²) in [6.07, 6.45) is 1.27. The maximum Gasteiger partial charge on any atom is 0.419 e. The van der Waals surface area contributed by atoms with E-state index in [4.69, 9.17) is 5.26 Å². The first-order chi connectivity index (χ1) is 18.1. The molecule has 6 rings (SSSR count). The van der Waals surface area contributed by atoms with E-state index in [1.165, 1.54) is 24.5 Å². The lowest BCUT2D eigenvalue weighted by molar-refractivity contribution is -0.140. The van der Waals surface area contributed by atoms with Crippen molar-refractivity contribution in [3.63, 3.8) is 0 Å². The second-order valence-corrected chi connectivity index (χ2v) is 11.1. The molecule has 0 N–H and O–H groups in total. The maximum absolute atomic E-state index is 13.7. The fraction of sp³-hybridized carbons (Fsp3) is 0.481. The first-order valence-corrected chi connectivity index (χ1v) is 13.2. The van der Waals surface area contributed by atoms with Crippen LogP contribution in [0.5, 0.6) is 0 Å². The Labute approximate surface area is 223 Å². The van der Waals surface area contributed by atoms with Gasteiger partial charge in [-0.2, -0.15) is 18.4 Å². The molecule has 2 bridgehead atoms. The summed E-state index contributed by atoms with van der Waals surface area (Å²) in [5, 5.41) is 9.10. The number of rotatable bonds is 3. The lowest BCUT2D eigenvalue weighted by Gasteiger charge is -2.43. The van der Waals surface area contributed by atoms with Gasteiger partial charge in [0.1, 0.15) is 6.07 Å². The number of alkyl halides is 3. The van der Waals surface area contributed by atoms with Crippen molar-refractivity contribution in [2.45, 2.75) is 73.7 Å². The van der Waals surface area contributed by atoms with Gasteiger partial charge in [-0.1, -0.05) is 12.1 Å². The number of halogens is 3. The zero-order valence-corrected chi connectivity index (χ0v) is 21.5. The number of anilines is 2. The summed E-state index contributed by atoms with van der Waals surface area (Å²) in [5.41, 5.74) is -2.94. The fourth-order valence-electron chi connectivity index (χ4n) is 6.75. The third kappa shape index (κ3) is 3.57. The van der Waals surface area contributed by atoms with Crippen LogP contribution in [-0.2, 0) is 15.8 Å². The van der Waals surface area contributed by atoms with Gasteiger partial charge in [-0.25, -0.2) is 4.98 Å². The molecule has 198 valence electrons. The van der Waals surface area contributed by atoms with E-state index in [2.05, 4.69) is 29.6 Å². The number of aromatic nitrogens is 1. The van der Waals surface area contributed by atoms with Gasteiger partial charge in [0.05, 0.1) is 17.4 Å². The number of Topliss-reactive ketones (excluding diaryl/α,β-unsaturated/α-hetero) is 1. The molecule has 2 aromatic rings. The molecule has 4 heterocycles. The lowest BCUT2D eigenvalue weighted by atomic mass is 9.73. The minimum absolute atomic E-state index is 0.165. The van der Waals surface area contributed by atoms with Crippen LogP contribution in [0.25, 0.3) is 0 Å². The average molecular weight is 542 g/mol. The third-order valence-electron chi connectivity index (χ3n) is 8.92. The minimum Gasteiger partial charge on any atom is -0.321 e. The lowest BCUT2D eigenvalue weighted by Crippen LogP contribution is -2.62. The Hall–Kier alpha value is -3.10. The molecule has 1 aromatic carbocycles. The van der Waals surface area contributed by atoms with Crippen LogP contribution in [0.1, 0.15) is 61.3 Å². The standard InChI is InChI=1S/C27H26F3N5O2S/c1-33-18-6-7-19(33)11-16(10-18)15-2-4-17(5-3-15)35-25(38)34(24(37)26(35)9-8-23(26)36)20-12-21(27(28,29)30)22(13-31)32-14-20/h2-5,12,14,16,18-19,25,38H,6-11H2,1H3. The predicted octanol–water partition coefficient (Wildman–Crippen LogP) is 4.48. The predicted molar refractivity (Wildman–Crippen MR) is 137 cm³/mol. The molecule has 38 heavy (non-hydrogen) atoms. The molecule has 11 heteroatoms. The molecule has 1 aliphatic carbocycles. The zero-order chi connectivity index (χ0) is 27.0. The van der Waals surface area contributed by atoms with E-state index in [0.29, 0.717) is 23.7 Å². The van der Waals surface area contributed by atoms with Crippen molar-refractivity contribution < 1.29 is 22.8 Å². The van der Waals surface area contributed by atoms with Gasteiger partial charge in [-0.05, 0) is 68.8 Å². The number of amides is 1. The van der Waals surface area contributed by atoms with Crippen molar-refractivity contribution in [2.75, 3.05) is 16.8 Å². The van der Waals surface area contributed by atoms with E-state index in [9.17, 15) is 22.8 Å². The first kappa shape index (κ1) is 25.2. The van der Waals surface area contributed by atoms with Crippen LogP contribution >= 0.6 is 12.6 Å². The van der Waals surface area contributed by atoms with Gasteiger partial charge in [0.15, 0.2) is 22.5 Å². The van der Waals surface area contributed by atoms with Crippen molar-refractivity contribution in [3.05, 3.63) is 53.3 Å². The Balaban J connectivity index is 1.34. The van der Waals surface area contributed by atoms with Gasteiger partial charge < -0.3 is 9.80 Å².